The van der Waals surface area contributed by atoms with Gasteiger partial charge in [-0.25, -0.2) is 0 Å². The summed E-state index contributed by atoms with van der Waals surface area (Å²) in [6, 6.07) is 8.20. The molecule has 0 spiro atoms. The van der Waals surface area contributed by atoms with Crippen LogP contribution >= 0.6 is 0 Å². The van der Waals surface area contributed by atoms with Gasteiger partial charge in [0.1, 0.15) is 0 Å². The minimum atomic E-state index is -0.442. The zero-order valence-electron chi connectivity index (χ0n) is 10.8. The quantitative estimate of drug-likeness (QED) is 0.679. The Morgan fingerprint density at radius 2 is 2.00 bits per heavy atom. The van der Waals surface area contributed by atoms with Crippen LogP contribution < -0.4 is 5.32 Å². The summed E-state index contributed by atoms with van der Waals surface area (Å²) < 4.78 is 4.93. The van der Waals surface area contributed by atoms with Gasteiger partial charge in [0.25, 0.3) is 0 Å². The van der Waals surface area contributed by atoms with Crippen LogP contribution in [0.15, 0.2) is 24.3 Å². The van der Waals surface area contributed by atoms with E-state index >= 15 is 0 Å². The average molecular weight is 237 g/mol. The molecule has 1 aromatic rings. The lowest BCUT2D eigenvalue weighted by atomic mass is 10.0. The molecule has 1 aromatic carbocycles. The maximum absolute atomic E-state index is 9.94. The highest BCUT2D eigenvalue weighted by Crippen LogP contribution is 2.13. The highest BCUT2D eigenvalue weighted by Gasteiger charge is 2.06. The molecule has 0 aliphatic carbocycles. The van der Waals surface area contributed by atoms with Crippen molar-refractivity contribution in [1.29, 1.82) is 0 Å². The molecule has 0 heterocycles. The van der Waals surface area contributed by atoms with Crippen LogP contribution in [0.4, 0.5) is 0 Å². The van der Waals surface area contributed by atoms with Crippen molar-refractivity contribution in [1.82, 2.24) is 5.32 Å². The van der Waals surface area contributed by atoms with Crippen LogP contribution in [0.2, 0.25) is 0 Å². The Bertz CT molecular complexity index is 298. The molecule has 0 radical (unpaired) electrons. The van der Waals surface area contributed by atoms with Gasteiger partial charge in [-0.3, -0.25) is 0 Å². The number of hydrogen-bond acceptors (Lipinski definition) is 3. The normalized spacial score (nSPS) is 12.6. The van der Waals surface area contributed by atoms with E-state index in [0.29, 0.717) is 13.2 Å². The van der Waals surface area contributed by atoms with E-state index in [0.717, 1.165) is 24.9 Å². The molecule has 0 aromatic heterocycles. The first-order valence-electron chi connectivity index (χ1n) is 6.24. The van der Waals surface area contributed by atoms with Crippen LogP contribution in [0.25, 0.3) is 0 Å². The molecule has 1 unspecified atom stereocenters. The van der Waals surface area contributed by atoms with Crippen LogP contribution in [-0.4, -0.2) is 31.9 Å². The van der Waals surface area contributed by atoms with Crippen molar-refractivity contribution in [3.63, 3.8) is 0 Å². The van der Waals surface area contributed by atoms with Crippen molar-refractivity contribution in [3.05, 3.63) is 35.4 Å². The van der Waals surface area contributed by atoms with Gasteiger partial charge in [0, 0.05) is 20.2 Å². The van der Waals surface area contributed by atoms with Gasteiger partial charge in [0.2, 0.25) is 0 Å². The van der Waals surface area contributed by atoms with Gasteiger partial charge in [-0.05, 0) is 17.5 Å². The van der Waals surface area contributed by atoms with Crippen LogP contribution in [-0.2, 0) is 11.2 Å². The first-order valence-corrected chi connectivity index (χ1v) is 6.24. The van der Waals surface area contributed by atoms with Gasteiger partial charge in [-0.1, -0.05) is 37.6 Å². The Labute approximate surface area is 104 Å². The van der Waals surface area contributed by atoms with Gasteiger partial charge in [-0.15, -0.1) is 0 Å². The SMILES string of the molecule is CCCc1ccc(C(O)CNCCOC)cc1. The number of ether oxygens (including phenoxy) is 1. The standard InChI is InChI=1S/C14H23NO2/c1-3-4-12-5-7-13(8-6-12)14(16)11-15-9-10-17-2/h5-8,14-16H,3-4,9-11H2,1-2H3. The first-order chi connectivity index (χ1) is 8.27. The number of benzene rings is 1. The fourth-order valence-electron chi connectivity index (χ4n) is 1.73. The number of nitrogens with one attached hydrogen (secondary N) is 1. The van der Waals surface area contributed by atoms with Crippen LogP contribution in [0.5, 0.6) is 0 Å². The molecular formula is C14H23NO2. The average Bonchev–Trinajstić information content (AvgIpc) is 2.36. The minimum Gasteiger partial charge on any atom is -0.387 e. The summed E-state index contributed by atoms with van der Waals surface area (Å²) in [7, 11) is 1.67. The van der Waals surface area contributed by atoms with Crippen molar-refractivity contribution in [2.24, 2.45) is 0 Å². The van der Waals surface area contributed by atoms with E-state index in [2.05, 4.69) is 24.4 Å². The maximum atomic E-state index is 9.94. The number of hydrogen-bond donors (Lipinski definition) is 2. The zero-order chi connectivity index (χ0) is 12.5. The van der Waals surface area contributed by atoms with E-state index in [4.69, 9.17) is 4.74 Å². The molecule has 3 heteroatoms. The van der Waals surface area contributed by atoms with Gasteiger partial charge >= 0.3 is 0 Å². The van der Waals surface area contributed by atoms with E-state index in [-0.39, 0.29) is 0 Å². The predicted molar refractivity (Wildman–Crippen MR) is 70.1 cm³/mol. The van der Waals surface area contributed by atoms with E-state index in [1.54, 1.807) is 7.11 Å². The summed E-state index contributed by atoms with van der Waals surface area (Å²) in [6.45, 7) is 4.17. The summed E-state index contributed by atoms with van der Waals surface area (Å²) in [5.74, 6) is 0. The Kier molecular flexibility index (Phi) is 6.86. The lowest BCUT2D eigenvalue weighted by molar-refractivity contribution is 0.161. The highest BCUT2D eigenvalue weighted by molar-refractivity contribution is 5.24. The van der Waals surface area contributed by atoms with E-state index in [1.165, 1.54) is 5.56 Å². The smallest absolute Gasteiger partial charge is 0.0914 e. The second kappa shape index (κ2) is 8.23. The molecule has 0 bridgehead atoms. The molecule has 2 N–H and O–H groups in total. The van der Waals surface area contributed by atoms with Crippen molar-refractivity contribution in [2.45, 2.75) is 25.9 Å². The number of methoxy groups -OCH3 is 1. The third-order valence-corrected chi connectivity index (χ3v) is 2.72. The van der Waals surface area contributed by atoms with E-state index in [1.807, 2.05) is 12.1 Å². The molecule has 3 nitrogen and oxygen atoms in total. The summed E-state index contributed by atoms with van der Waals surface area (Å²) >= 11 is 0. The molecule has 0 amide bonds. The molecular weight excluding hydrogens is 214 g/mol. The lowest BCUT2D eigenvalue weighted by Gasteiger charge is -2.12. The molecule has 0 fully saturated rings. The van der Waals surface area contributed by atoms with Gasteiger partial charge in [0.05, 0.1) is 12.7 Å². The molecule has 0 saturated heterocycles. The monoisotopic (exact) mass is 237 g/mol. The third kappa shape index (κ3) is 5.31. The van der Waals surface area contributed by atoms with E-state index < -0.39 is 6.10 Å². The number of aliphatic hydroxyl groups is 1. The summed E-state index contributed by atoms with van der Waals surface area (Å²) in [6.07, 6.45) is 1.81. The first kappa shape index (κ1) is 14.2. The fourth-order valence-corrected chi connectivity index (χ4v) is 1.73. The predicted octanol–water partition coefficient (Wildman–Crippen LogP) is 1.91. The summed E-state index contributed by atoms with van der Waals surface area (Å²) in [5.41, 5.74) is 2.30. The number of aliphatic hydroxyl groups excluding tert-OH is 1. The maximum Gasteiger partial charge on any atom is 0.0914 e. The minimum absolute atomic E-state index is 0.442. The Morgan fingerprint density at radius 3 is 2.59 bits per heavy atom. The molecule has 0 saturated carbocycles. The van der Waals surface area contributed by atoms with Gasteiger partial charge in [-0.2, -0.15) is 0 Å². The molecule has 1 atom stereocenters. The van der Waals surface area contributed by atoms with Crippen LogP contribution in [0.1, 0.15) is 30.6 Å². The van der Waals surface area contributed by atoms with Crippen molar-refractivity contribution >= 4 is 0 Å². The number of aryl methyl sites for hydroxylation is 1. The zero-order valence-corrected chi connectivity index (χ0v) is 10.8. The van der Waals surface area contributed by atoms with E-state index in [9.17, 15) is 5.11 Å². The summed E-state index contributed by atoms with van der Waals surface area (Å²) in [5, 5.41) is 13.1. The molecule has 17 heavy (non-hydrogen) atoms. The van der Waals surface area contributed by atoms with Gasteiger partial charge in [0.15, 0.2) is 0 Å². The lowest BCUT2D eigenvalue weighted by Crippen LogP contribution is -2.24. The fraction of sp³-hybridized carbons (Fsp3) is 0.571. The Hall–Kier alpha value is -0.900. The van der Waals surface area contributed by atoms with Crippen LogP contribution in [0, 0.1) is 0 Å². The Morgan fingerprint density at radius 1 is 1.29 bits per heavy atom. The Balaban J connectivity index is 2.37. The second-order valence-corrected chi connectivity index (χ2v) is 4.20. The molecule has 1 rings (SSSR count). The van der Waals surface area contributed by atoms with Crippen molar-refractivity contribution < 1.29 is 9.84 Å². The number of rotatable bonds is 8. The highest BCUT2D eigenvalue weighted by atomic mass is 16.5. The third-order valence-electron chi connectivity index (χ3n) is 2.72. The largest absolute Gasteiger partial charge is 0.387 e. The topological polar surface area (TPSA) is 41.5 Å². The van der Waals surface area contributed by atoms with Crippen molar-refractivity contribution in [3.8, 4) is 0 Å². The van der Waals surface area contributed by atoms with Crippen LogP contribution in [0.3, 0.4) is 0 Å². The second-order valence-electron chi connectivity index (χ2n) is 4.20. The van der Waals surface area contributed by atoms with Crippen molar-refractivity contribution in [2.75, 3.05) is 26.8 Å². The summed E-state index contributed by atoms with van der Waals surface area (Å²) in [4.78, 5) is 0. The molecule has 0 aliphatic heterocycles. The van der Waals surface area contributed by atoms with Gasteiger partial charge < -0.3 is 15.2 Å². The molecule has 96 valence electrons. The molecule has 0 aliphatic rings.